The zero-order chi connectivity index (χ0) is 9.11. The summed E-state index contributed by atoms with van der Waals surface area (Å²) in [4.78, 5) is 9.76. The van der Waals surface area contributed by atoms with Gasteiger partial charge in [0.25, 0.3) is 0 Å². The summed E-state index contributed by atoms with van der Waals surface area (Å²) >= 11 is 0. The van der Waals surface area contributed by atoms with E-state index in [0.29, 0.717) is 0 Å². The molecule has 8 N–H and O–H groups in total. The largest absolute Gasteiger partial charge is 0.855 e. The van der Waals surface area contributed by atoms with Crippen LogP contribution in [0.3, 0.4) is 0 Å². The number of quaternary nitrogens is 2. The molecule has 0 bridgehead atoms. The second-order valence-corrected chi connectivity index (χ2v) is 2.12. The highest BCUT2D eigenvalue weighted by atomic mass is 16.4. The summed E-state index contributed by atoms with van der Waals surface area (Å²) in [5.74, 6) is -0.932. The van der Waals surface area contributed by atoms with Crippen molar-refractivity contribution in [1.29, 1.82) is 0 Å². The normalized spacial score (nSPS) is 7.00. The maximum atomic E-state index is 9.76. The van der Waals surface area contributed by atoms with Crippen molar-refractivity contribution >= 4 is 5.97 Å². The van der Waals surface area contributed by atoms with Crippen molar-refractivity contribution in [3.8, 4) is 0 Å². The lowest BCUT2D eigenvalue weighted by Crippen LogP contribution is -2.21. The first-order valence-electron chi connectivity index (χ1n) is 3.96. The lowest BCUT2D eigenvalue weighted by Gasteiger charge is -1.97. The summed E-state index contributed by atoms with van der Waals surface area (Å²) in [6.45, 7) is 3.61. The third-order valence-electron chi connectivity index (χ3n) is 0.984. The maximum Gasteiger partial charge on any atom is 0.0414 e. The molecule has 0 aliphatic heterocycles. The molecule has 0 aromatic carbocycles. The zero-order valence-corrected chi connectivity index (χ0v) is 9.26. The Bertz CT molecular complexity index is 89.5. The molecule has 5 heteroatoms. The molecule has 0 aliphatic rings. The highest BCUT2D eigenvalue weighted by Gasteiger charge is 1.84. The van der Waals surface area contributed by atoms with Crippen LogP contribution in [-0.4, -0.2) is 12.6 Å². The minimum absolute atomic E-state index is 0. The predicted octanol–water partition coefficient (Wildman–Crippen LogP) is 0.436. The van der Waals surface area contributed by atoms with Crippen molar-refractivity contribution in [2.24, 2.45) is 0 Å². The molecule has 0 heterocycles. The van der Waals surface area contributed by atoms with Crippen molar-refractivity contribution < 1.29 is 15.0 Å². The molecule has 0 saturated heterocycles. The van der Waals surface area contributed by atoms with E-state index in [1.807, 2.05) is 6.92 Å². The number of hydrogen-bond acceptors (Lipinski definition) is 3. The topological polar surface area (TPSA) is 136 Å². The Morgan fingerprint density at radius 1 is 1.15 bits per heavy atom. The number of carbonyl (C=O) groups excluding carboxylic acids is 1. The molecule has 0 radical (unpaired) electrons. The third kappa shape index (κ3) is 52.4. The summed E-state index contributed by atoms with van der Waals surface area (Å²) in [7, 11) is 0. The average Bonchev–Trinajstić information content (AvgIpc) is 1.89. The van der Waals surface area contributed by atoms with Crippen molar-refractivity contribution in [2.75, 3.05) is 6.61 Å². The van der Waals surface area contributed by atoms with E-state index in [4.69, 9.17) is 5.11 Å². The third-order valence-corrected chi connectivity index (χ3v) is 0.984. The number of rotatable bonds is 4. The van der Waals surface area contributed by atoms with E-state index < -0.39 is 5.97 Å². The van der Waals surface area contributed by atoms with Crippen LogP contribution >= 0.6 is 0 Å². The Morgan fingerprint density at radius 2 is 1.54 bits per heavy atom. The molecule has 0 spiro atoms. The van der Waals surface area contributed by atoms with E-state index in [2.05, 4.69) is 0 Å². The predicted molar refractivity (Wildman–Crippen MR) is 51.7 cm³/mol. The first-order chi connectivity index (χ1) is 5.18. The van der Waals surface area contributed by atoms with Crippen LogP contribution in [0.2, 0.25) is 0 Å². The van der Waals surface area contributed by atoms with E-state index >= 15 is 0 Å². The molecule has 0 rings (SSSR count). The monoisotopic (exact) mass is 196 g/mol. The van der Waals surface area contributed by atoms with Crippen LogP contribution in [0.25, 0.3) is 0 Å². The molecular weight excluding hydrogens is 172 g/mol. The molecule has 0 aromatic heterocycles. The second-order valence-electron chi connectivity index (χ2n) is 2.12. The van der Waals surface area contributed by atoms with E-state index in [1.165, 1.54) is 0 Å². The molecule has 0 fully saturated rings. The fourth-order valence-corrected chi connectivity index (χ4v) is 0.519. The van der Waals surface area contributed by atoms with Gasteiger partial charge < -0.3 is 27.3 Å². The zero-order valence-electron chi connectivity index (χ0n) is 9.26. The smallest absolute Gasteiger partial charge is 0.0414 e. The van der Waals surface area contributed by atoms with Gasteiger partial charge in [-0.25, -0.2) is 0 Å². The Kier molecular flexibility index (Phi) is 39.5. The lowest BCUT2D eigenvalue weighted by molar-refractivity contribution is -0.361. The molecule has 0 unspecified atom stereocenters. The van der Waals surface area contributed by atoms with Crippen LogP contribution in [0.1, 0.15) is 39.5 Å². The van der Waals surface area contributed by atoms with Crippen molar-refractivity contribution in [1.82, 2.24) is 12.3 Å². The van der Waals surface area contributed by atoms with Crippen LogP contribution in [0.15, 0.2) is 0 Å². The van der Waals surface area contributed by atoms with E-state index in [9.17, 15) is 9.90 Å². The lowest BCUT2D eigenvalue weighted by atomic mass is 10.2. The van der Waals surface area contributed by atoms with Gasteiger partial charge in [0, 0.05) is 5.97 Å². The van der Waals surface area contributed by atoms with Gasteiger partial charge in [-0.05, 0) is 12.8 Å². The van der Waals surface area contributed by atoms with Crippen molar-refractivity contribution in [3.05, 3.63) is 0 Å². The van der Waals surface area contributed by atoms with Crippen LogP contribution in [-0.2, 0) is 4.79 Å². The summed E-state index contributed by atoms with van der Waals surface area (Å²) < 4.78 is 0. The van der Waals surface area contributed by atoms with Gasteiger partial charge in [0.05, 0.1) is 0 Å². The van der Waals surface area contributed by atoms with Gasteiger partial charge in [-0.1, -0.05) is 26.7 Å². The molecule has 13 heavy (non-hydrogen) atoms. The van der Waals surface area contributed by atoms with Crippen molar-refractivity contribution in [3.63, 3.8) is 0 Å². The minimum Gasteiger partial charge on any atom is -0.855 e. The summed E-state index contributed by atoms with van der Waals surface area (Å²) in [5, 5.41) is 18.7. The summed E-state index contributed by atoms with van der Waals surface area (Å²) in [6, 6.07) is 0. The molecule has 5 nitrogen and oxygen atoms in total. The van der Waals surface area contributed by atoms with Gasteiger partial charge in [-0.15, -0.1) is 6.61 Å². The van der Waals surface area contributed by atoms with Gasteiger partial charge in [-0.2, -0.15) is 0 Å². The Morgan fingerprint density at radius 3 is 1.77 bits per heavy atom. The molecular formula is C8H24N2O3. The quantitative estimate of drug-likeness (QED) is 0.631. The van der Waals surface area contributed by atoms with Crippen LogP contribution in [0.4, 0.5) is 0 Å². The molecule has 0 amide bonds. The Balaban J connectivity index is -0.0000000720. The number of carboxylic acids is 1. The number of carbonyl (C=O) groups is 1. The standard InChI is InChI=1S/C6H12O2.C2H5O.2H3N/c1-2-3-4-5-6(7)8;1-2-3;;/h2-5H2,1H3,(H,7,8);2H2,1H3;2*1H3/q;-1;;/p+1. The van der Waals surface area contributed by atoms with E-state index in [1.54, 1.807) is 6.92 Å². The number of aliphatic carboxylic acids is 1. The van der Waals surface area contributed by atoms with Crippen molar-refractivity contribution in [2.45, 2.75) is 39.5 Å². The fourth-order valence-electron chi connectivity index (χ4n) is 0.519. The van der Waals surface area contributed by atoms with Crippen LogP contribution < -0.4 is 22.5 Å². The maximum absolute atomic E-state index is 9.76. The molecule has 0 saturated carbocycles. The molecule has 84 valence electrons. The highest BCUT2D eigenvalue weighted by molar-refractivity contribution is 5.63. The summed E-state index contributed by atoms with van der Waals surface area (Å²) in [6.07, 6.45) is 3.04. The summed E-state index contributed by atoms with van der Waals surface area (Å²) in [5.41, 5.74) is 0. The Labute approximate surface area is 80.3 Å². The first kappa shape index (κ1) is 22.8. The van der Waals surface area contributed by atoms with Crippen LogP contribution in [0, 0.1) is 0 Å². The fraction of sp³-hybridized carbons (Fsp3) is 0.875. The highest BCUT2D eigenvalue weighted by Crippen LogP contribution is 1.96. The van der Waals surface area contributed by atoms with Gasteiger partial charge in [-0.3, -0.25) is 0 Å². The SMILES string of the molecule is CCCCCC(=O)[O-].CC[O-].[NH4+].[NH4+]. The van der Waals surface area contributed by atoms with E-state index in [-0.39, 0.29) is 25.3 Å². The van der Waals surface area contributed by atoms with Gasteiger partial charge in [0.15, 0.2) is 0 Å². The van der Waals surface area contributed by atoms with E-state index in [0.717, 1.165) is 19.3 Å². The molecule has 0 aromatic rings. The average molecular weight is 196 g/mol. The number of unbranched alkanes of at least 4 members (excludes halogenated alkanes) is 2. The van der Waals surface area contributed by atoms with Crippen LogP contribution in [0.5, 0.6) is 0 Å². The molecule has 0 atom stereocenters. The molecule has 0 aliphatic carbocycles. The first-order valence-corrected chi connectivity index (χ1v) is 3.96. The number of carboxylic acid groups (broad SMARTS) is 1. The second kappa shape index (κ2) is 22.5. The van der Waals surface area contributed by atoms with Gasteiger partial charge in [0.1, 0.15) is 0 Å². The van der Waals surface area contributed by atoms with Gasteiger partial charge in [0.2, 0.25) is 0 Å². The van der Waals surface area contributed by atoms with Gasteiger partial charge >= 0.3 is 0 Å². The number of hydrogen-bond donors (Lipinski definition) is 2. The minimum atomic E-state index is -0.932. The Hall–Kier alpha value is -0.650.